The van der Waals surface area contributed by atoms with Gasteiger partial charge in [-0.15, -0.1) is 5.10 Å². The Bertz CT molecular complexity index is 361. The zero-order valence-corrected chi connectivity index (χ0v) is 10.0. The zero-order valence-electron chi connectivity index (χ0n) is 10.0. The first-order chi connectivity index (χ1) is 8.38. The first-order valence-corrected chi connectivity index (χ1v) is 6.27. The smallest absolute Gasteiger partial charge is 0.0964 e. The summed E-state index contributed by atoms with van der Waals surface area (Å²) in [5.41, 5.74) is 0.970. The normalized spacial score (nSPS) is 19.7. The molecule has 94 valence electrons. The van der Waals surface area contributed by atoms with E-state index in [2.05, 4.69) is 27.8 Å². The van der Waals surface area contributed by atoms with Crippen LogP contribution >= 0.6 is 0 Å². The zero-order chi connectivity index (χ0) is 11.9. The Kier molecular flexibility index (Phi) is 4.70. The fourth-order valence-electron chi connectivity index (χ4n) is 1.99. The van der Waals surface area contributed by atoms with Gasteiger partial charge >= 0.3 is 0 Å². The molecule has 0 aliphatic heterocycles. The summed E-state index contributed by atoms with van der Waals surface area (Å²) >= 11 is 0. The molecule has 1 atom stereocenters. The summed E-state index contributed by atoms with van der Waals surface area (Å²) < 4.78 is 1.79. The highest BCUT2D eigenvalue weighted by molar-refractivity contribution is 4.96. The molecule has 0 saturated heterocycles. The molecule has 2 rings (SSSR count). The van der Waals surface area contributed by atoms with Crippen LogP contribution in [-0.2, 0) is 13.1 Å². The van der Waals surface area contributed by atoms with Crippen molar-refractivity contribution in [3.05, 3.63) is 24.0 Å². The van der Waals surface area contributed by atoms with Crippen molar-refractivity contribution >= 4 is 0 Å². The minimum Gasteiger partial charge on any atom is -0.396 e. The van der Waals surface area contributed by atoms with Crippen LogP contribution in [0.3, 0.4) is 0 Å². The lowest BCUT2D eigenvalue weighted by Gasteiger charge is -2.18. The van der Waals surface area contributed by atoms with Crippen LogP contribution < -0.4 is 5.32 Å². The van der Waals surface area contributed by atoms with Crippen molar-refractivity contribution in [2.24, 2.45) is 0 Å². The van der Waals surface area contributed by atoms with E-state index in [9.17, 15) is 0 Å². The third kappa shape index (κ3) is 3.94. The van der Waals surface area contributed by atoms with Gasteiger partial charge in [-0.25, -0.2) is 0 Å². The summed E-state index contributed by atoms with van der Waals surface area (Å²) in [7, 11) is 0. The number of nitrogens with one attached hydrogen (secondary N) is 1. The molecule has 17 heavy (non-hydrogen) atoms. The van der Waals surface area contributed by atoms with Crippen molar-refractivity contribution in [3.8, 4) is 0 Å². The van der Waals surface area contributed by atoms with Gasteiger partial charge in [-0.2, -0.15) is 0 Å². The predicted molar refractivity (Wildman–Crippen MR) is 65.3 cm³/mol. The average molecular weight is 236 g/mol. The Morgan fingerprint density at radius 3 is 3.18 bits per heavy atom. The van der Waals surface area contributed by atoms with Gasteiger partial charge < -0.3 is 10.4 Å². The number of aryl methyl sites for hydroxylation is 1. The molecule has 1 unspecified atom stereocenters. The monoisotopic (exact) mass is 236 g/mol. The maximum Gasteiger partial charge on any atom is 0.0964 e. The Balaban J connectivity index is 1.74. The van der Waals surface area contributed by atoms with E-state index in [1.807, 2.05) is 6.20 Å². The summed E-state index contributed by atoms with van der Waals surface area (Å²) in [5.74, 6) is 0. The summed E-state index contributed by atoms with van der Waals surface area (Å²) in [6, 6.07) is 0.572. The topological polar surface area (TPSA) is 63.0 Å². The van der Waals surface area contributed by atoms with Gasteiger partial charge in [0.2, 0.25) is 0 Å². The fraction of sp³-hybridized carbons (Fsp3) is 0.667. The highest BCUT2D eigenvalue weighted by Gasteiger charge is 2.09. The average Bonchev–Trinajstić information content (AvgIpc) is 2.83. The lowest BCUT2D eigenvalue weighted by Crippen LogP contribution is -2.29. The molecule has 0 aromatic carbocycles. The maximum absolute atomic E-state index is 8.73. The number of aliphatic hydroxyl groups excluding tert-OH is 1. The molecule has 0 amide bonds. The predicted octanol–water partition coefficient (Wildman–Crippen LogP) is 0.859. The molecule has 2 N–H and O–H groups in total. The van der Waals surface area contributed by atoms with Gasteiger partial charge in [0.05, 0.1) is 5.69 Å². The van der Waals surface area contributed by atoms with Crippen molar-refractivity contribution in [1.82, 2.24) is 20.3 Å². The number of nitrogens with zero attached hydrogens (tertiary/aromatic N) is 3. The molecular weight excluding hydrogens is 216 g/mol. The van der Waals surface area contributed by atoms with Crippen LogP contribution in [0.1, 0.15) is 31.4 Å². The second kappa shape index (κ2) is 6.51. The van der Waals surface area contributed by atoms with E-state index in [1.165, 1.54) is 12.8 Å². The van der Waals surface area contributed by atoms with Crippen molar-refractivity contribution in [2.75, 3.05) is 6.61 Å². The lowest BCUT2D eigenvalue weighted by atomic mass is 10.0. The minimum atomic E-state index is 0.196. The van der Waals surface area contributed by atoms with E-state index in [0.717, 1.165) is 31.6 Å². The highest BCUT2D eigenvalue weighted by atomic mass is 16.3. The molecule has 0 saturated carbocycles. The highest BCUT2D eigenvalue weighted by Crippen LogP contribution is 2.10. The van der Waals surface area contributed by atoms with Gasteiger partial charge in [0.15, 0.2) is 0 Å². The molecule has 0 bridgehead atoms. The molecule has 1 aromatic rings. The van der Waals surface area contributed by atoms with E-state index in [4.69, 9.17) is 5.11 Å². The summed E-state index contributed by atoms with van der Waals surface area (Å²) in [6.45, 7) is 1.70. The first-order valence-electron chi connectivity index (χ1n) is 6.27. The van der Waals surface area contributed by atoms with Gasteiger partial charge in [0.1, 0.15) is 0 Å². The quantitative estimate of drug-likeness (QED) is 0.719. The van der Waals surface area contributed by atoms with E-state index < -0.39 is 0 Å². The van der Waals surface area contributed by atoms with E-state index in [0.29, 0.717) is 6.04 Å². The molecule has 0 spiro atoms. The second-order valence-corrected chi connectivity index (χ2v) is 4.41. The molecule has 0 radical (unpaired) electrons. The van der Waals surface area contributed by atoms with Crippen molar-refractivity contribution in [1.29, 1.82) is 0 Å². The summed E-state index contributed by atoms with van der Waals surface area (Å²) in [5, 5.41) is 20.3. The fourth-order valence-corrected chi connectivity index (χ4v) is 1.99. The van der Waals surface area contributed by atoms with Crippen LogP contribution in [0.5, 0.6) is 0 Å². The molecule has 1 aliphatic carbocycles. The van der Waals surface area contributed by atoms with E-state index >= 15 is 0 Å². The Morgan fingerprint density at radius 2 is 2.41 bits per heavy atom. The van der Waals surface area contributed by atoms with Gasteiger partial charge in [-0.1, -0.05) is 17.4 Å². The molecule has 5 heteroatoms. The number of hydrogen-bond acceptors (Lipinski definition) is 4. The summed E-state index contributed by atoms with van der Waals surface area (Å²) in [6.07, 6.45) is 10.6. The number of rotatable bonds is 6. The van der Waals surface area contributed by atoms with Crippen molar-refractivity contribution in [2.45, 2.75) is 44.8 Å². The molecule has 1 aliphatic rings. The van der Waals surface area contributed by atoms with Gasteiger partial charge in [0.25, 0.3) is 0 Å². The van der Waals surface area contributed by atoms with Crippen LogP contribution in [0.25, 0.3) is 0 Å². The second-order valence-electron chi connectivity index (χ2n) is 4.41. The van der Waals surface area contributed by atoms with Crippen molar-refractivity contribution in [3.63, 3.8) is 0 Å². The molecular formula is C12H20N4O. The van der Waals surface area contributed by atoms with Gasteiger partial charge in [-0.3, -0.25) is 4.68 Å². The Hall–Kier alpha value is -1.20. The van der Waals surface area contributed by atoms with Gasteiger partial charge in [0, 0.05) is 31.9 Å². The molecule has 5 nitrogen and oxygen atoms in total. The van der Waals surface area contributed by atoms with Crippen LogP contribution in [0, 0.1) is 0 Å². The van der Waals surface area contributed by atoms with E-state index in [-0.39, 0.29) is 6.61 Å². The Morgan fingerprint density at radius 1 is 1.47 bits per heavy atom. The number of aliphatic hydroxyl groups is 1. The van der Waals surface area contributed by atoms with Crippen molar-refractivity contribution < 1.29 is 5.11 Å². The third-order valence-corrected chi connectivity index (χ3v) is 2.97. The maximum atomic E-state index is 8.73. The number of allylic oxidation sites excluding steroid dienone is 1. The Labute approximate surface area is 102 Å². The standard InChI is InChI=1S/C12H20N4O/c17-8-4-7-16-10-12(14-15-16)9-13-11-5-2-1-3-6-11/h1-2,10-11,13,17H,3-9H2. The van der Waals surface area contributed by atoms with Crippen LogP contribution in [-0.4, -0.2) is 32.7 Å². The molecule has 1 aromatic heterocycles. The number of hydrogen-bond donors (Lipinski definition) is 2. The largest absolute Gasteiger partial charge is 0.396 e. The lowest BCUT2D eigenvalue weighted by molar-refractivity contribution is 0.276. The van der Waals surface area contributed by atoms with E-state index in [1.54, 1.807) is 4.68 Å². The third-order valence-electron chi connectivity index (χ3n) is 2.97. The van der Waals surface area contributed by atoms with Gasteiger partial charge in [-0.05, 0) is 25.7 Å². The minimum absolute atomic E-state index is 0.196. The van der Waals surface area contributed by atoms with Crippen LogP contribution in [0.15, 0.2) is 18.3 Å². The van der Waals surface area contributed by atoms with Crippen LogP contribution in [0.4, 0.5) is 0 Å². The first kappa shape index (κ1) is 12.3. The number of aromatic nitrogens is 3. The molecule has 1 heterocycles. The van der Waals surface area contributed by atoms with Crippen LogP contribution in [0.2, 0.25) is 0 Å². The SMILES string of the molecule is OCCCn1cc(CNC2CC=CCC2)nn1. The summed E-state index contributed by atoms with van der Waals surface area (Å²) in [4.78, 5) is 0. The molecule has 0 fully saturated rings.